The highest BCUT2D eigenvalue weighted by molar-refractivity contribution is 5.15. The van der Waals surface area contributed by atoms with Gasteiger partial charge in [-0.1, -0.05) is 30.3 Å². The molecule has 1 aromatic carbocycles. The van der Waals surface area contributed by atoms with Crippen molar-refractivity contribution >= 4 is 0 Å². The molecule has 0 spiro atoms. The Morgan fingerprint density at radius 2 is 1.72 bits per heavy atom. The lowest BCUT2D eigenvalue weighted by molar-refractivity contribution is -0.195. The minimum absolute atomic E-state index is 0.142. The second-order valence-corrected chi connectivity index (χ2v) is 7.70. The summed E-state index contributed by atoms with van der Waals surface area (Å²) in [6.07, 6.45) is 3.87. The lowest BCUT2D eigenvalue weighted by atomic mass is 9.78. The van der Waals surface area contributed by atoms with Crippen molar-refractivity contribution in [2.24, 2.45) is 0 Å². The van der Waals surface area contributed by atoms with E-state index in [1.54, 1.807) is 0 Å². The quantitative estimate of drug-likeness (QED) is 0.886. The van der Waals surface area contributed by atoms with Gasteiger partial charge in [0.2, 0.25) is 0 Å². The summed E-state index contributed by atoms with van der Waals surface area (Å²) in [5.74, 6) is 0. The van der Waals surface area contributed by atoms with Gasteiger partial charge >= 0.3 is 0 Å². The van der Waals surface area contributed by atoms with Crippen molar-refractivity contribution < 1.29 is 19.3 Å². The van der Waals surface area contributed by atoms with Gasteiger partial charge in [0.05, 0.1) is 32.0 Å². The average molecular weight is 347 g/mol. The third-order valence-corrected chi connectivity index (χ3v) is 5.74. The summed E-state index contributed by atoms with van der Waals surface area (Å²) >= 11 is 0. The highest BCUT2D eigenvalue weighted by Gasteiger charge is 2.46. The zero-order chi connectivity index (χ0) is 17.1. The summed E-state index contributed by atoms with van der Waals surface area (Å²) in [5, 5.41) is 11.2. The third-order valence-electron chi connectivity index (χ3n) is 5.74. The van der Waals surface area contributed by atoms with E-state index in [1.165, 1.54) is 5.56 Å². The molecule has 3 aliphatic rings. The van der Waals surface area contributed by atoms with Gasteiger partial charge in [0.1, 0.15) is 0 Å². The van der Waals surface area contributed by atoms with Gasteiger partial charge in [-0.15, -0.1) is 0 Å². The van der Waals surface area contributed by atoms with Crippen LogP contribution in [0.25, 0.3) is 0 Å². The van der Waals surface area contributed by atoms with Gasteiger partial charge in [-0.2, -0.15) is 0 Å². The molecule has 0 aliphatic carbocycles. The topological polar surface area (TPSA) is 51.2 Å². The molecule has 2 bridgehead atoms. The molecule has 3 heterocycles. The normalized spacial score (nSPS) is 34.1. The van der Waals surface area contributed by atoms with E-state index in [0.29, 0.717) is 13.2 Å². The highest BCUT2D eigenvalue weighted by atomic mass is 16.7. The van der Waals surface area contributed by atoms with E-state index in [9.17, 15) is 5.11 Å². The standard InChI is InChI=1S/C20H29NO4/c22-20(8-7-19-24-9-4-10-25-19)11-17-14-23-15-18(12-20)21(17)13-16-5-2-1-3-6-16/h1-3,5-6,17-19,22H,4,7-15H2. The Bertz CT molecular complexity index is 532. The SMILES string of the molecule is OC1(CCC2OCCCO2)CC2COCC(C1)N2Cc1ccccc1. The van der Waals surface area contributed by atoms with Gasteiger partial charge in [-0.3, -0.25) is 4.90 Å². The monoisotopic (exact) mass is 347 g/mol. The van der Waals surface area contributed by atoms with Gasteiger partial charge in [0.15, 0.2) is 6.29 Å². The maximum Gasteiger partial charge on any atom is 0.157 e. The van der Waals surface area contributed by atoms with E-state index < -0.39 is 5.60 Å². The number of aliphatic hydroxyl groups is 1. The fraction of sp³-hybridized carbons (Fsp3) is 0.700. The molecule has 0 radical (unpaired) electrons. The maximum atomic E-state index is 11.2. The minimum atomic E-state index is -0.629. The minimum Gasteiger partial charge on any atom is -0.390 e. The van der Waals surface area contributed by atoms with E-state index in [2.05, 4.69) is 35.2 Å². The molecule has 3 fully saturated rings. The zero-order valence-corrected chi connectivity index (χ0v) is 14.8. The van der Waals surface area contributed by atoms with E-state index in [0.717, 1.165) is 51.9 Å². The predicted molar refractivity (Wildman–Crippen MR) is 94.1 cm³/mol. The van der Waals surface area contributed by atoms with Gasteiger partial charge < -0.3 is 19.3 Å². The summed E-state index contributed by atoms with van der Waals surface area (Å²) in [6, 6.07) is 11.2. The van der Waals surface area contributed by atoms with E-state index in [-0.39, 0.29) is 18.4 Å². The number of rotatable bonds is 5. The number of hydrogen-bond acceptors (Lipinski definition) is 5. The molecule has 3 aliphatic heterocycles. The number of ether oxygens (including phenoxy) is 3. The van der Waals surface area contributed by atoms with Crippen LogP contribution in [-0.2, 0) is 20.8 Å². The first-order valence-electron chi connectivity index (χ1n) is 9.55. The van der Waals surface area contributed by atoms with Crippen LogP contribution in [0.5, 0.6) is 0 Å². The molecule has 1 aromatic rings. The van der Waals surface area contributed by atoms with Gasteiger partial charge in [-0.25, -0.2) is 0 Å². The highest BCUT2D eigenvalue weighted by Crippen LogP contribution is 2.38. The molecule has 1 N–H and O–H groups in total. The summed E-state index contributed by atoms with van der Waals surface area (Å²) < 4.78 is 17.1. The molecular formula is C20H29NO4. The van der Waals surface area contributed by atoms with Gasteiger partial charge in [-0.05, 0) is 31.2 Å². The second-order valence-electron chi connectivity index (χ2n) is 7.70. The Morgan fingerprint density at radius 3 is 2.40 bits per heavy atom. The largest absolute Gasteiger partial charge is 0.390 e. The van der Waals surface area contributed by atoms with Crippen LogP contribution in [0.15, 0.2) is 30.3 Å². The predicted octanol–water partition coefficient (Wildman–Crippen LogP) is 2.32. The van der Waals surface area contributed by atoms with Crippen molar-refractivity contribution in [2.75, 3.05) is 26.4 Å². The Hall–Kier alpha value is -0.980. The third kappa shape index (κ3) is 4.23. The number of piperidine rings is 1. The van der Waals surface area contributed by atoms with Gasteiger partial charge in [0.25, 0.3) is 0 Å². The molecule has 0 aromatic heterocycles. The van der Waals surface area contributed by atoms with Crippen molar-refractivity contribution in [3.8, 4) is 0 Å². The molecule has 0 amide bonds. The van der Waals surface area contributed by atoms with Crippen LogP contribution in [0.2, 0.25) is 0 Å². The Balaban J connectivity index is 1.38. The average Bonchev–Trinajstić information content (AvgIpc) is 2.63. The Labute approximate surface area is 149 Å². The first-order valence-corrected chi connectivity index (χ1v) is 9.55. The van der Waals surface area contributed by atoms with Crippen molar-refractivity contribution in [3.63, 3.8) is 0 Å². The number of benzene rings is 1. The maximum absolute atomic E-state index is 11.2. The molecule has 0 saturated carbocycles. The smallest absolute Gasteiger partial charge is 0.157 e. The molecule has 5 heteroatoms. The molecule has 4 rings (SSSR count). The van der Waals surface area contributed by atoms with Crippen LogP contribution >= 0.6 is 0 Å². The van der Waals surface area contributed by atoms with Crippen LogP contribution in [0.3, 0.4) is 0 Å². The molecule has 2 unspecified atom stereocenters. The number of nitrogens with zero attached hydrogens (tertiary/aromatic N) is 1. The van der Waals surface area contributed by atoms with E-state index in [4.69, 9.17) is 14.2 Å². The van der Waals surface area contributed by atoms with Crippen molar-refractivity contribution in [3.05, 3.63) is 35.9 Å². The molecule has 138 valence electrons. The lowest BCUT2D eigenvalue weighted by Crippen LogP contribution is -2.61. The summed E-state index contributed by atoms with van der Waals surface area (Å²) in [5.41, 5.74) is 0.699. The molecular weight excluding hydrogens is 318 g/mol. The van der Waals surface area contributed by atoms with Crippen molar-refractivity contribution in [1.82, 2.24) is 4.90 Å². The number of morpholine rings is 1. The van der Waals surface area contributed by atoms with Crippen LogP contribution in [0.4, 0.5) is 0 Å². The molecule has 2 atom stereocenters. The number of fused-ring (bicyclic) bond motifs is 2. The summed E-state index contributed by atoms with van der Waals surface area (Å²) in [4.78, 5) is 2.53. The van der Waals surface area contributed by atoms with Crippen LogP contribution in [0, 0.1) is 0 Å². The van der Waals surface area contributed by atoms with Crippen LogP contribution in [-0.4, -0.2) is 60.4 Å². The first kappa shape index (κ1) is 17.4. The molecule has 5 nitrogen and oxygen atoms in total. The summed E-state index contributed by atoms with van der Waals surface area (Å²) in [6.45, 7) is 3.90. The van der Waals surface area contributed by atoms with Gasteiger partial charge in [0, 0.05) is 25.0 Å². The first-order chi connectivity index (χ1) is 12.2. The summed E-state index contributed by atoms with van der Waals surface area (Å²) in [7, 11) is 0. The van der Waals surface area contributed by atoms with Crippen molar-refractivity contribution in [2.45, 2.75) is 62.6 Å². The van der Waals surface area contributed by atoms with E-state index in [1.807, 2.05) is 0 Å². The molecule has 3 saturated heterocycles. The Kier molecular flexibility index (Phi) is 5.39. The lowest BCUT2D eigenvalue weighted by Gasteiger charge is -2.52. The zero-order valence-electron chi connectivity index (χ0n) is 14.8. The molecule has 25 heavy (non-hydrogen) atoms. The fourth-order valence-corrected chi connectivity index (χ4v) is 4.49. The number of hydrogen-bond donors (Lipinski definition) is 1. The second kappa shape index (κ2) is 7.72. The van der Waals surface area contributed by atoms with Crippen LogP contribution in [0.1, 0.15) is 37.7 Å². The van der Waals surface area contributed by atoms with E-state index >= 15 is 0 Å². The fourth-order valence-electron chi connectivity index (χ4n) is 4.49. The van der Waals surface area contributed by atoms with Crippen LogP contribution < -0.4 is 0 Å². The Morgan fingerprint density at radius 1 is 1.04 bits per heavy atom. The van der Waals surface area contributed by atoms with Crippen molar-refractivity contribution in [1.29, 1.82) is 0 Å².